The van der Waals surface area contributed by atoms with Gasteiger partial charge in [-0.05, 0) is 141 Å². The first kappa shape index (κ1) is 54.1. The van der Waals surface area contributed by atoms with E-state index in [0.29, 0.717) is 5.75 Å². The number of halogens is 1. The van der Waals surface area contributed by atoms with Crippen LogP contribution in [0.3, 0.4) is 0 Å². The van der Waals surface area contributed by atoms with Crippen LogP contribution in [0.1, 0.15) is 52.7 Å². The minimum absolute atomic E-state index is 0.0886. The Labute approximate surface area is 511 Å². The highest BCUT2D eigenvalue weighted by molar-refractivity contribution is 9.10. The van der Waals surface area contributed by atoms with Gasteiger partial charge in [0.2, 0.25) is 0 Å². The minimum atomic E-state index is -0.311. The lowest BCUT2D eigenvalue weighted by molar-refractivity contribution is 0.478. The number of rotatable bonds is 12. The number of anilines is 6. The van der Waals surface area contributed by atoms with Gasteiger partial charge in [0.25, 0.3) is 0 Å². The standard InChI is InChI=1S/C80H64BrN3O2/c1-79(2,3)57-45-59(81)49-66(48-57)85-65-33-21-32-62(52-65)83(77-67(54-26-12-8-13-27-54)36-22-37-68(77)55-28-14-9-15-29-55)64-47-58(80(4,5)6)46-63(51-64)82(75-40-23-38-71-70-35-17-19-41-76(70)86-78(71)75)60-30-20-31-61(50-60)84-73-39-18-16-34-69(73)72-44-56(42-43-74(72)84)53-24-10-7-11-25-53/h7-52H,1-6H3. The predicted molar refractivity (Wildman–Crippen MR) is 365 cm³/mol. The molecule has 2 heterocycles. The maximum absolute atomic E-state index is 7.04. The summed E-state index contributed by atoms with van der Waals surface area (Å²) >= 11 is 3.82. The molecule has 0 atom stereocenters. The normalized spacial score (nSPS) is 11.9. The summed E-state index contributed by atoms with van der Waals surface area (Å²) < 4.78 is 17.4. The number of nitrogens with zero attached hydrogens (tertiary/aromatic N) is 3. The molecule has 86 heavy (non-hydrogen) atoms. The number of benzene rings is 12. The first-order chi connectivity index (χ1) is 41.8. The molecule has 6 heteroatoms. The zero-order valence-corrected chi connectivity index (χ0v) is 50.7. The lowest BCUT2D eigenvalue weighted by atomic mass is 9.86. The maximum Gasteiger partial charge on any atom is 0.159 e. The predicted octanol–water partition coefficient (Wildman–Crippen LogP) is 23.8. The Morgan fingerprint density at radius 1 is 0.372 bits per heavy atom. The quantitative estimate of drug-likeness (QED) is 0.122. The van der Waals surface area contributed by atoms with E-state index in [1.54, 1.807) is 0 Å². The molecule has 0 amide bonds. The third-order valence-electron chi connectivity index (χ3n) is 16.5. The molecule has 5 nitrogen and oxygen atoms in total. The first-order valence-electron chi connectivity index (χ1n) is 29.5. The average Bonchev–Trinajstić information content (AvgIpc) is 1.62. The molecule has 0 aliphatic carbocycles. The molecular weight excluding hydrogens is 1110 g/mol. The summed E-state index contributed by atoms with van der Waals surface area (Å²) in [5.74, 6) is 1.47. The number of aromatic nitrogens is 1. The molecule has 418 valence electrons. The molecule has 14 rings (SSSR count). The van der Waals surface area contributed by atoms with Crippen molar-refractivity contribution in [2.24, 2.45) is 0 Å². The van der Waals surface area contributed by atoms with Gasteiger partial charge in [0.05, 0.1) is 22.4 Å². The molecule has 14 aromatic rings. The lowest BCUT2D eigenvalue weighted by Crippen LogP contribution is -2.18. The van der Waals surface area contributed by atoms with Gasteiger partial charge < -0.3 is 23.5 Å². The molecular formula is C80H64BrN3O2. The number of hydrogen-bond acceptors (Lipinski definition) is 4. The van der Waals surface area contributed by atoms with E-state index in [9.17, 15) is 0 Å². The van der Waals surface area contributed by atoms with Crippen LogP contribution in [0.4, 0.5) is 34.1 Å². The van der Waals surface area contributed by atoms with Gasteiger partial charge in [-0.25, -0.2) is 0 Å². The summed E-state index contributed by atoms with van der Waals surface area (Å²) in [6.07, 6.45) is 0. The van der Waals surface area contributed by atoms with Gasteiger partial charge in [0, 0.05) is 71.6 Å². The molecule has 0 fully saturated rings. The summed E-state index contributed by atoms with van der Waals surface area (Å²) in [6, 6.07) is 101. The molecule has 0 N–H and O–H groups in total. The third-order valence-corrected chi connectivity index (χ3v) is 17.0. The smallest absolute Gasteiger partial charge is 0.159 e. The van der Waals surface area contributed by atoms with Crippen LogP contribution in [0.15, 0.2) is 288 Å². The molecule has 0 spiro atoms. The van der Waals surface area contributed by atoms with Crippen LogP contribution in [-0.2, 0) is 10.8 Å². The van der Waals surface area contributed by atoms with Crippen molar-refractivity contribution in [3.63, 3.8) is 0 Å². The Balaban J connectivity index is 1.03. The van der Waals surface area contributed by atoms with Crippen molar-refractivity contribution in [1.82, 2.24) is 4.57 Å². The van der Waals surface area contributed by atoms with Gasteiger partial charge in [0.15, 0.2) is 5.58 Å². The summed E-state index contributed by atoms with van der Waals surface area (Å²) in [4.78, 5) is 4.86. The fraction of sp³-hybridized carbons (Fsp3) is 0.100. The van der Waals surface area contributed by atoms with Gasteiger partial charge in [0.1, 0.15) is 17.1 Å². The topological polar surface area (TPSA) is 33.8 Å². The Hall–Kier alpha value is -9.88. The van der Waals surface area contributed by atoms with Gasteiger partial charge in [-0.15, -0.1) is 0 Å². The van der Waals surface area contributed by atoms with E-state index in [4.69, 9.17) is 9.15 Å². The fourth-order valence-corrected chi connectivity index (χ4v) is 12.7. The number of ether oxygens (including phenoxy) is 1. The van der Waals surface area contributed by atoms with Crippen LogP contribution >= 0.6 is 15.9 Å². The van der Waals surface area contributed by atoms with Crippen LogP contribution in [0.2, 0.25) is 0 Å². The number of furan rings is 1. The average molecular weight is 1180 g/mol. The zero-order chi connectivity index (χ0) is 58.7. The van der Waals surface area contributed by atoms with Crippen molar-refractivity contribution in [3.05, 3.63) is 295 Å². The van der Waals surface area contributed by atoms with Crippen molar-refractivity contribution in [1.29, 1.82) is 0 Å². The van der Waals surface area contributed by atoms with E-state index in [2.05, 4.69) is 339 Å². The molecule has 0 unspecified atom stereocenters. The van der Waals surface area contributed by atoms with Crippen LogP contribution < -0.4 is 14.5 Å². The molecule has 12 aromatic carbocycles. The van der Waals surface area contributed by atoms with Crippen molar-refractivity contribution < 1.29 is 9.15 Å². The number of para-hydroxylation sites is 4. The Morgan fingerprint density at radius 3 is 1.63 bits per heavy atom. The van der Waals surface area contributed by atoms with Crippen LogP contribution in [0.25, 0.3) is 82.8 Å². The van der Waals surface area contributed by atoms with Crippen LogP contribution in [0, 0.1) is 0 Å². The molecule has 2 aromatic heterocycles. The van der Waals surface area contributed by atoms with Crippen molar-refractivity contribution in [3.8, 4) is 50.6 Å². The second kappa shape index (κ2) is 21.9. The molecule has 0 aliphatic rings. The summed E-state index contributed by atoms with van der Waals surface area (Å²) in [5, 5.41) is 4.51. The monoisotopic (exact) mass is 1180 g/mol. The minimum Gasteiger partial charge on any atom is -0.457 e. The van der Waals surface area contributed by atoms with Gasteiger partial charge in [-0.3, -0.25) is 0 Å². The number of hydrogen-bond donors (Lipinski definition) is 0. The summed E-state index contributed by atoms with van der Waals surface area (Å²) in [7, 11) is 0. The van der Waals surface area contributed by atoms with Crippen LogP contribution in [-0.4, -0.2) is 4.57 Å². The zero-order valence-electron chi connectivity index (χ0n) is 49.1. The van der Waals surface area contributed by atoms with Crippen molar-refractivity contribution in [2.45, 2.75) is 52.4 Å². The SMILES string of the molecule is CC(C)(C)c1cc(Br)cc(Oc2cccc(N(c3cc(N(c4cccc(-n5c6ccccc6c6cc(-c7ccccc7)ccc65)c4)c4cccc5c4oc4ccccc45)cc(C(C)(C)C)c3)c3c(-c4ccccc4)cccc3-c3ccccc3)c2)c1. The second-order valence-electron chi connectivity index (χ2n) is 24.3. The third kappa shape index (κ3) is 10.2. The van der Waals surface area contributed by atoms with E-state index in [1.807, 2.05) is 12.1 Å². The highest BCUT2D eigenvalue weighted by atomic mass is 79.9. The largest absolute Gasteiger partial charge is 0.457 e. The van der Waals surface area contributed by atoms with Gasteiger partial charge >= 0.3 is 0 Å². The van der Waals surface area contributed by atoms with E-state index in [1.165, 1.54) is 27.5 Å². The van der Waals surface area contributed by atoms with Crippen molar-refractivity contribution in [2.75, 3.05) is 9.80 Å². The highest BCUT2D eigenvalue weighted by Crippen LogP contribution is 2.51. The first-order valence-corrected chi connectivity index (χ1v) is 30.3. The molecule has 0 radical (unpaired) electrons. The van der Waals surface area contributed by atoms with Gasteiger partial charge in [-0.2, -0.15) is 0 Å². The summed E-state index contributed by atoms with van der Waals surface area (Å²) in [6.45, 7) is 13.6. The lowest BCUT2D eigenvalue weighted by Gasteiger charge is -2.34. The molecule has 0 saturated carbocycles. The molecule has 0 saturated heterocycles. The van der Waals surface area contributed by atoms with Crippen LogP contribution in [0.5, 0.6) is 11.5 Å². The molecule has 0 bridgehead atoms. The van der Waals surface area contributed by atoms with Gasteiger partial charge in [-0.1, -0.05) is 233 Å². The van der Waals surface area contributed by atoms with E-state index < -0.39 is 0 Å². The Morgan fingerprint density at radius 2 is 0.930 bits per heavy atom. The highest BCUT2D eigenvalue weighted by Gasteiger charge is 2.29. The summed E-state index contributed by atoms with van der Waals surface area (Å²) in [5.41, 5.74) is 19.4. The van der Waals surface area contributed by atoms with E-state index in [0.717, 1.165) is 111 Å². The van der Waals surface area contributed by atoms with E-state index >= 15 is 0 Å². The Bertz CT molecular complexity index is 4780. The maximum atomic E-state index is 7.04. The van der Waals surface area contributed by atoms with E-state index in [-0.39, 0.29) is 10.8 Å². The number of fused-ring (bicyclic) bond motifs is 6. The fourth-order valence-electron chi connectivity index (χ4n) is 12.2. The molecule has 0 aliphatic heterocycles. The Kier molecular flexibility index (Phi) is 13.8. The van der Waals surface area contributed by atoms with Crippen molar-refractivity contribution >= 4 is 93.8 Å². The second-order valence-corrected chi connectivity index (χ2v) is 25.3.